The lowest BCUT2D eigenvalue weighted by Crippen LogP contribution is -2.51. The number of halogens is 1. The van der Waals surface area contributed by atoms with Gasteiger partial charge in [-0.2, -0.15) is 0 Å². The van der Waals surface area contributed by atoms with Crippen LogP contribution in [0.15, 0.2) is 30.3 Å². The van der Waals surface area contributed by atoms with Gasteiger partial charge in [-0.1, -0.05) is 25.1 Å². The predicted molar refractivity (Wildman–Crippen MR) is 112 cm³/mol. The molecule has 1 unspecified atom stereocenters. The zero-order valence-corrected chi connectivity index (χ0v) is 17.5. The number of carbonyl (C=O) groups is 2. The molecule has 0 aliphatic carbocycles. The van der Waals surface area contributed by atoms with E-state index >= 15 is 0 Å². The van der Waals surface area contributed by atoms with E-state index in [0.29, 0.717) is 26.1 Å². The second-order valence-electron chi connectivity index (χ2n) is 7.41. The molecule has 0 saturated carbocycles. The first kappa shape index (κ1) is 22.7. The molecule has 2 heterocycles. The van der Waals surface area contributed by atoms with Gasteiger partial charge in [-0.3, -0.25) is 9.59 Å². The van der Waals surface area contributed by atoms with E-state index in [1.54, 1.807) is 0 Å². The first-order valence-electron chi connectivity index (χ1n) is 10.1. The molecule has 0 radical (unpaired) electrons. The van der Waals surface area contributed by atoms with Crippen LogP contribution < -0.4 is 5.32 Å². The number of rotatable bonds is 6. The van der Waals surface area contributed by atoms with Gasteiger partial charge in [-0.25, -0.2) is 0 Å². The highest BCUT2D eigenvalue weighted by molar-refractivity contribution is 5.94. The summed E-state index contributed by atoms with van der Waals surface area (Å²) in [5.74, 6) is 0.290. The number of nitrogens with zero attached hydrogens (tertiary/aromatic N) is 2. The zero-order valence-electron chi connectivity index (χ0n) is 16.6. The first-order valence-corrected chi connectivity index (χ1v) is 10.1. The van der Waals surface area contributed by atoms with Crippen molar-refractivity contribution in [3.63, 3.8) is 0 Å². The maximum Gasteiger partial charge on any atom is 0.253 e. The van der Waals surface area contributed by atoms with E-state index in [0.717, 1.165) is 44.5 Å². The van der Waals surface area contributed by atoms with Crippen LogP contribution in [0.25, 0.3) is 0 Å². The summed E-state index contributed by atoms with van der Waals surface area (Å²) in [6.07, 6.45) is 3.13. The number of piperidine rings is 1. The van der Waals surface area contributed by atoms with Crippen molar-refractivity contribution < 1.29 is 14.3 Å². The third-order valence-electron chi connectivity index (χ3n) is 5.42. The molecule has 1 atom stereocenters. The normalized spacial score (nSPS) is 20.3. The highest BCUT2D eigenvalue weighted by Crippen LogP contribution is 2.20. The minimum absolute atomic E-state index is 0. The average Bonchev–Trinajstić information content (AvgIpc) is 2.73. The molecule has 0 spiro atoms. The van der Waals surface area contributed by atoms with E-state index in [4.69, 9.17) is 4.74 Å². The van der Waals surface area contributed by atoms with Crippen molar-refractivity contribution >= 4 is 24.2 Å². The molecule has 7 heteroatoms. The molecule has 0 bridgehead atoms. The Morgan fingerprint density at radius 1 is 1.21 bits per heavy atom. The van der Waals surface area contributed by atoms with Crippen LogP contribution in [-0.4, -0.2) is 73.1 Å². The van der Waals surface area contributed by atoms with Crippen molar-refractivity contribution in [1.82, 2.24) is 15.1 Å². The Bertz CT molecular complexity index is 615. The van der Waals surface area contributed by atoms with Gasteiger partial charge in [0.1, 0.15) is 0 Å². The molecule has 1 aromatic rings. The summed E-state index contributed by atoms with van der Waals surface area (Å²) in [5, 5.41) is 3.36. The Hall–Kier alpha value is -1.63. The van der Waals surface area contributed by atoms with Crippen LogP contribution in [0.1, 0.15) is 43.0 Å². The highest BCUT2D eigenvalue weighted by Gasteiger charge is 2.30. The lowest BCUT2D eigenvalue weighted by Gasteiger charge is -2.39. The van der Waals surface area contributed by atoms with Crippen LogP contribution in [0.3, 0.4) is 0 Å². The fourth-order valence-corrected chi connectivity index (χ4v) is 3.97. The summed E-state index contributed by atoms with van der Waals surface area (Å²) in [5.41, 5.74) is 0.737. The molecule has 28 heavy (non-hydrogen) atoms. The largest absolute Gasteiger partial charge is 0.378 e. The molecule has 6 nitrogen and oxygen atoms in total. The van der Waals surface area contributed by atoms with Gasteiger partial charge in [0.25, 0.3) is 5.91 Å². The summed E-state index contributed by atoms with van der Waals surface area (Å²) < 4.78 is 5.47. The number of hydrogen-bond donors (Lipinski definition) is 1. The molecule has 2 saturated heterocycles. The number of carbonyl (C=O) groups excluding carboxylic acids is 2. The minimum Gasteiger partial charge on any atom is -0.378 e. The molecule has 0 aromatic heterocycles. The van der Waals surface area contributed by atoms with Crippen LogP contribution in [0.4, 0.5) is 0 Å². The van der Waals surface area contributed by atoms with Crippen LogP contribution >= 0.6 is 12.4 Å². The molecule has 156 valence electrons. The lowest BCUT2D eigenvalue weighted by atomic mass is 10.0. The van der Waals surface area contributed by atoms with Crippen molar-refractivity contribution in [2.24, 2.45) is 0 Å². The number of hydrogen-bond acceptors (Lipinski definition) is 4. The molecule has 2 aliphatic rings. The van der Waals surface area contributed by atoms with Gasteiger partial charge in [0, 0.05) is 50.2 Å². The number of ether oxygens (including phenoxy) is 1. The molecule has 2 fully saturated rings. The van der Waals surface area contributed by atoms with Crippen molar-refractivity contribution in [1.29, 1.82) is 0 Å². The molecular weight excluding hydrogens is 378 g/mol. The van der Waals surface area contributed by atoms with Gasteiger partial charge in [0.15, 0.2) is 0 Å². The summed E-state index contributed by atoms with van der Waals surface area (Å²) in [7, 11) is 0. The van der Waals surface area contributed by atoms with E-state index in [1.165, 1.54) is 0 Å². The zero-order chi connectivity index (χ0) is 19.1. The van der Waals surface area contributed by atoms with E-state index in [-0.39, 0.29) is 36.3 Å². The Balaban J connectivity index is 0.00000280. The van der Waals surface area contributed by atoms with E-state index in [2.05, 4.69) is 12.2 Å². The van der Waals surface area contributed by atoms with Crippen LogP contribution in [0, 0.1) is 0 Å². The van der Waals surface area contributed by atoms with Gasteiger partial charge in [0.2, 0.25) is 5.91 Å². The van der Waals surface area contributed by atoms with Crippen LogP contribution in [0.2, 0.25) is 0 Å². The number of nitrogens with one attached hydrogen (secondary N) is 1. The predicted octanol–water partition coefficient (Wildman–Crippen LogP) is 2.33. The Kier molecular flexibility index (Phi) is 9.22. The molecule has 2 amide bonds. The summed E-state index contributed by atoms with van der Waals surface area (Å²) in [4.78, 5) is 29.5. The van der Waals surface area contributed by atoms with Gasteiger partial charge in [-0.15, -0.1) is 12.4 Å². The molecular formula is C21H32ClN3O3. The Morgan fingerprint density at radius 3 is 2.54 bits per heavy atom. The number of morpholine rings is 1. The summed E-state index contributed by atoms with van der Waals surface area (Å²) in [6.45, 7) is 6.44. The molecule has 1 N–H and O–H groups in total. The van der Waals surface area contributed by atoms with E-state index < -0.39 is 0 Å². The maximum atomic E-state index is 12.9. The average molecular weight is 410 g/mol. The quantitative estimate of drug-likeness (QED) is 0.783. The van der Waals surface area contributed by atoms with Gasteiger partial charge >= 0.3 is 0 Å². The standard InChI is InChI=1S/C21H31N3O3.ClH/c1-2-11-24(20(25)15-18-16-27-14-10-22-18)19-8-12-23(13-9-19)21(26)17-6-4-3-5-7-17;/h3-7,18-19,22H,2,8-16H2,1H3;1H. The first-order chi connectivity index (χ1) is 13.2. The van der Waals surface area contributed by atoms with Gasteiger partial charge in [-0.05, 0) is 31.4 Å². The maximum absolute atomic E-state index is 12.9. The number of likely N-dealkylation sites (tertiary alicyclic amines) is 1. The second-order valence-corrected chi connectivity index (χ2v) is 7.41. The van der Waals surface area contributed by atoms with E-state index in [9.17, 15) is 9.59 Å². The van der Waals surface area contributed by atoms with Crippen molar-refractivity contribution in [2.75, 3.05) is 39.4 Å². The summed E-state index contributed by atoms with van der Waals surface area (Å²) in [6, 6.07) is 9.77. The number of amides is 2. The number of benzene rings is 1. The third-order valence-corrected chi connectivity index (χ3v) is 5.42. The van der Waals surface area contributed by atoms with E-state index in [1.807, 2.05) is 40.1 Å². The Morgan fingerprint density at radius 2 is 1.93 bits per heavy atom. The van der Waals surface area contributed by atoms with Crippen molar-refractivity contribution in [3.8, 4) is 0 Å². The fourth-order valence-electron chi connectivity index (χ4n) is 3.97. The monoisotopic (exact) mass is 409 g/mol. The van der Waals surface area contributed by atoms with Gasteiger partial charge in [0.05, 0.1) is 13.2 Å². The molecule has 1 aromatic carbocycles. The molecule has 3 rings (SSSR count). The lowest BCUT2D eigenvalue weighted by molar-refractivity contribution is -0.135. The van der Waals surface area contributed by atoms with Crippen molar-refractivity contribution in [2.45, 2.75) is 44.7 Å². The van der Waals surface area contributed by atoms with Gasteiger partial charge < -0.3 is 19.9 Å². The highest BCUT2D eigenvalue weighted by atomic mass is 35.5. The molecule has 2 aliphatic heterocycles. The SMILES string of the molecule is CCCN(C(=O)CC1COCCN1)C1CCN(C(=O)c2ccccc2)CC1.Cl. The van der Waals surface area contributed by atoms with Crippen LogP contribution in [0.5, 0.6) is 0 Å². The third kappa shape index (κ3) is 5.93. The smallest absolute Gasteiger partial charge is 0.253 e. The Labute approximate surface area is 174 Å². The summed E-state index contributed by atoms with van der Waals surface area (Å²) >= 11 is 0. The minimum atomic E-state index is 0. The van der Waals surface area contributed by atoms with Crippen LogP contribution in [-0.2, 0) is 9.53 Å². The second kappa shape index (κ2) is 11.4. The fraction of sp³-hybridized carbons (Fsp3) is 0.619. The topological polar surface area (TPSA) is 61.9 Å². The van der Waals surface area contributed by atoms with Crippen molar-refractivity contribution in [3.05, 3.63) is 35.9 Å².